The van der Waals surface area contributed by atoms with Gasteiger partial charge in [0.15, 0.2) is 0 Å². The molecule has 84 valence electrons. The van der Waals surface area contributed by atoms with Crippen molar-refractivity contribution in [2.45, 2.75) is 45.8 Å². The molecule has 0 rings (SSSR count). The maximum absolute atomic E-state index is 11.2. The molecule has 0 fully saturated rings. The number of aliphatic hydroxyl groups excluding tert-OH is 1. The average molecular weight is 203 g/mol. The molecule has 1 unspecified atom stereocenters. The van der Waals surface area contributed by atoms with Crippen molar-refractivity contribution >= 4 is 5.97 Å². The summed E-state index contributed by atoms with van der Waals surface area (Å²) in [6.45, 7) is 8.26. The summed E-state index contributed by atoms with van der Waals surface area (Å²) in [5, 5.41) is 11.9. The van der Waals surface area contributed by atoms with E-state index in [-0.39, 0.29) is 12.1 Å². The lowest BCUT2D eigenvalue weighted by Gasteiger charge is -2.19. The third-order valence-corrected chi connectivity index (χ3v) is 1.37. The summed E-state index contributed by atoms with van der Waals surface area (Å²) in [6, 6.07) is 0. The Morgan fingerprint density at radius 1 is 1.50 bits per heavy atom. The van der Waals surface area contributed by atoms with Crippen molar-refractivity contribution in [2.24, 2.45) is 0 Å². The second-order valence-corrected chi connectivity index (χ2v) is 4.39. The van der Waals surface area contributed by atoms with Crippen molar-refractivity contribution in [3.63, 3.8) is 0 Å². The molecule has 0 aliphatic rings. The van der Waals surface area contributed by atoms with Gasteiger partial charge in [-0.1, -0.05) is 0 Å². The molecule has 0 radical (unpaired) electrons. The second-order valence-electron chi connectivity index (χ2n) is 4.39. The van der Waals surface area contributed by atoms with Gasteiger partial charge in [0.2, 0.25) is 0 Å². The molecule has 0 bridgehead atoms. The van der Waals surface area contributed by atoms with Crippen molar-refractivity contribution in [3.05, 3.63) is 0 Å². The van der Waals surface area contributed by atoms with Crippen LogP contribution in [-0.2, 0) is 9.53 Å². The van der Waals surface area contributed by atoms with Crippen LogP contribution in [-0.4, -0.2) is 35.9 Å². The standard InChI is InChI=1S/C10H21NO3/c1-8(12)7-11-6-5-9(13)14-10(2,3)4/h8,11-12H,5-7H2,1-4H3. The van der Waals surface area contributed by atoms with Crippen LogP contribution in [0.3, 0.4) is 0 Å². The Labute approximate surface area is 85.6 Å². The van der Waals surface area contributed by atoms with Crippen molar-refractivity contribution in [3.8, 4) is 0 Å². The first-order valence-electron chi connectivity index (χ1n) is 4.92. The molecule has 4 nitrogen and oxygen atoms in total. The monoisotopic (exact) mass is 203 g/mol. The topological polar surface area (TPSA) is 58.6 Å². The van der Waals surface area contributed by atoms with Crippen LogP contribution in [0.1, 0.15) is 34.1 Å². The fraction of sp³-hybridized carbons (Fsp3) is 0.900. The fourth-order valence-corrected chi connectivity index (χ4v) is 0.894. The number of esters is 1. The van der Waals surface area contributed by atoms with Gasteiger partial charge in [0.05, 0.1) is 12.5 Å². The minimum atomic E-state index is -0.415. The zero-order valence-corrected chi connectivity index (χ0v) is 9.46. The van der Waals surface area contributed by atoms with Gasteiger partial charge in [-0.25, -0.2) is 0 Å². The lowest BCUT2D eigenvalue weighted by molar-refractivity contribution is -0.154. The van der Waals surface area contributed by atoms with Gasteiger partial charge in [-0.3, -0.25) is 4.79 Å². The molecule has 0 spiro atoms. The highest BCUT2D eigenvalue weighted by Gasteiger charge is 2.15. The van der Waals surface area contributed by atoms with E-state index in [1.54, 1.807) is 6.92 Å². The molecule has 14 heavy (non-hydrogen) atoms. The van der Waals surface area contributed by atoms with Crippen LogP contribution in [0.25, 0.3) is 0 Å². The molecule has 1 atom stereocenters. The van der Waals surface area contributed by atoms with Gasteiger partial charge in [-0.15, -0.1) is 0 Å². The number of carbonyl (C=O) groups is 1. The SMILES string of the molecule is CC(O)CNCCC(=O)OC(C)(C)C. The fourth-order valence-electron chi connectivity index (χ4n) is 0.894. The van der Waals surface area contributed by atoms with E-state index in [0.717, 1.165) is 0 Å². The maximum atomic E-state index is 11.2. The number of nitrogens with one attached hydrogen (secondary N) is 1. The normalized spacial score (nSPS) is 13.8. The summed E-state index contributed by atoms with van der Waals surface area (Å²) in [5.74, 6) is -0.212. The molecular formula is C10H21NO3. The average Bonchev–Trinajstić information content (AvgIpc) is 1.94. The minimum Gasteiger partial charge on any atom is -0.460 e. The van der Waals surface area contributed by atoms with E-state index in [0.29, 0.717) is 19.5 Å². The van der Waals surface area contributed by atoms with E-state index in [2.05, 4.69) is 5.32 Å². The first-order valence-corrected chi connectivity index (χ1v) is 4.92. The molecule has 0 aliphatic carbocycles. The molecule has 0 amide bonds. The third-order valence-electron chi connectivity index (χ3n) is 1.37. The summed E-state index contributed by atoms with van der Waals surface area (Å²) >= 11 is 0. The third kappa shape index (κ3) is 9.48. The number of aliphatic hydroxyl groups is 1. The summed E-state index contributed by atoms with van der Waals surface area (Å²) in [6.07, 6.45) is -0.0436. The van der Waals surface area contributed by atoms with Gasteiger partial charge in [0.1, 0.15) is 5.60 Å². The summed E-state index contributed by atoms with van der Waals surface area (Å²) < 4.78 is 5.10. The number of hydrogen-bond acceptors (Lipinski definition) is 4. The van der Waals surface area contributed by atoms with Crippen LogP contribution in [0, 0.1) is 0 Å². The number of hydrogen-bond donors (Lipinski definition) is 2. The first-order chi connectivity index (χ1) is 6.31. The zero-order valence-electron chi connectivity index (χ0n) is 9.46. The van der Waals surface area contributed by atoms with Crippen molar-refractivity contribution in [2.75, 3.05) is 13.1 Å². The first kappa shape index (κ1) is 13.4. The van der Waals surface area contributed by atoms with E-state index in [1.165, 1.54) is 0 Å². The largest absolute Gasteiger partial charge is 0.460 e. The van der Waals surface area contributed by atoms with Crippen LogP contribution in [0.5, 0.6) is 0 Å². The number of carbonyl (C=O) groups excluding carboxylic acids is 1. The van der Waals surface area contributed by atoms with E-state index >= 15 is 0 Å². The van der Waals surface area contributed by atoms with Gasteiger partial charge in [0, 0.05) is 13.1 Å². The van der Waals surface area contributed by atoms with E-state index < -0.39 is 5.60 Å². The molecular weight excluding hydrogens is 182 g/mol. The van der Waals surface area contributed by atoms with E-state index in [1.807, 2.05) is 20.8 Å². The van der Waals surface area contributed by atoms with Crippen LogP contribution in [0.2, 0.25) is 0 Å². The molecule has 2 N–H and O–H groups in total. The van der Waals surface area contributed by atoms with Crippen LogP contribution < -0.4 is 5.32 Å². The summed E-state index contributed by atoms with van der Waals surface area (Å²) in [4.78, 5) is 11.2. The molecule has 0 aliphatic heterocycles. The molecule has 0 aromatic carbocycles. The Bertz CT molecular complexity index is 173. The van der Waals surface area contributed by atoms with Gasteiger partial charge < -0.3 is 15.2 Å². The smallest absolute Gasteiger partial charge is 0.307 e. The number of ether oxygens (including phenoxy) is 1. The highest BCUT2D eigenvalue weighted by atomic mass is 16.6. The van der Waals surface area contributed by atoms with E-state index in [4.69, 9.17) is 9.84 Å². The summed E-state index contributed by atoms with van der Waals surface area (Å²) in [5.41, 5.74) is -0.415. The minimum absolute atomic E-state index is 0.212. The predicted molar refractivity (Wildman–Crippen MR) is 55.0 cm³/mol. The van der Waals surface area contributed by atoms with Crippen molar-refractivity contribution < 1.29 is 14.6 Å². The Kier molecular flexibility index (Phi) is 5.72. The van der Waals surface area contributed by atoms with Gasteiger partial charge in [-0.2, -0.15) is 0 Å². The Morgan fingerprint density at radius 3 is 2.50 bits per heavy atom. The Hall–Kier alpha value is -0.610. The van der Waals surface area contributed by atoms with Crippen molar-refractivity contribution in [1.82, 2.24) is 5.32 Å². The highest BCUT2D eigenvalue weighted by molar-refractivity contribution is 5.70. The molecule has 0 aromatic heterocycles. The maximum Gasteiger partial charge on any atom is 0.307 e. The van der Waals surface area contributed by atoms with Crippen LogP contribution >= 0.6 is 0 Å². The Morgan fingerprint density at radius 2 is 2.07 bits per heavy atom. The summed E-state index contributed by atoms with van der Waals surface area (Å²) in [7, 11) is 0. The van der Waals surface area contributed by atoms with Gasteiger partial charge in [-0.05, 0) is 27.7 Å². The highest BCUT2D eigenvalue weighted by Crippen LogP contribution is 2.07. The van der Waals surface area contributed by atoms with Crippen LogP contribution in [0.4, 0.5) is 0 Å². The Balaban J connectivity index is 3.46. The second kappa shape index (κ2) is 5.98. The van der Waals surface area contributed by atoms with Crippen LogP contribution in [0.15, 0.2) is 0 Å². The predicted octanol–water partition coefficient (Wildman–Crippen LogP) is 0.689. The van der Waals surface area contributed by atoms with E-state index in [9.17, 15) is 4.79 Å². The molecule has 4 heteroatoms. The zero-order chi connectivity index (χ0) is 11.2. The van der Waals surface area contributed by atoms with Crippen molar-refractivity contribution in [1.29, 1.82) is 0 Å². The number of rotatable bonds is 5. The molecule has 0 saturated heterocycles. The lowest BCUT2D eigenvalue weighted by atomic mass is 10.2. The molecule has 0 aromatic rings. The van der Waals surface area contributed by atoms with Gasteiger partial charge in [0.25, 0.3) is 0 Å². The molecule has 0 heterocycles. The quantitative estimate of drug-likeness (QED) is 0.510. The van der Waals surface area contributed by atoms with Gasteiger partial charge >= 0.3 is 5.97 Å². The lowest BCUT2D eigenvalue weighted by Crippen LogP contribution is -2.29. The molecule has 0 saturated carbocycles.